The Morgan fingerprint density at radius 2 is 1.34 bits per heavy atom. The highest BCUT2D eigenvalue weighted by Gasteiger charge is 2.11. The molecule has 0 spiro atoms. The molecule has 3 aromatic rings. The number of carbonyl (C=O) groups excluding carboxylic acids is 3. The fourth-order valence-corrected chi connectivity index (χ4v) is 2.72. The number of ketones is 1. The van der Waals surface area contributed by atoms with Gasteiger partial charge < -0.3 is 10.1 Å². The van der Waals surface area contributed by atoms with Crippen LogP contribution in [0.2, 0.25) is 5.02 Å². The summed E-state index contributed by atoms with van der Waals surface area (Å²) in [5, 5.41) is 3.19. The van der Waals surface area contributed by atoms with Crippen LogP contribution in [0.5, 0.6) is 5.75 Å². The van der Waals surface area contributed by atoms with E-state index in [1.807, 2.05) is 6.07 Å². The molecule has 0 fully saturated rings. The molecule has 0 atom stereocenters. The van der Waals surface area contributed by atoms with Crippen LogP contribution >= 0.6 is 11.6 Å². The average Bonchev–Trinajstić information content (AvgIpc) is 2.75. The van der Waals surface area contributed by atoms with Gasteiger partial charge in [-0.15, -0.1) is 0 Å². The lowest BCUT2D eigenvalue weighted by atomic mass is 10.0. The Balaban J connectivity index is 1.47. The zero-order valence-electron chi connectivity index (χ0n) is 15.4. The number of ether oxygens (including phenoxy) is 1. The highest BCUT2D eigenvalue weighted by atomic mass is 35.5. The van der Waals surface area contributed by atoms with Crippen LogP contribution in [0.1, 0.15) is 32.7 Å². The Bertz CT molecular complexity index is 999. The number of carbonyl (C=O) groups is 3. The van der Waals surface area contributed by atoms with E-state index < -0.39 is 5.97 Å². The van der Waals surface area contributed by atoms with Gasteiger partial charge in [0.05, 0.1) is 6.42 Å². The average molecular weight is 408 g/mol. The Kier molecular flexibility index (Phi) is 6.76. The standard InChI is InChI=1S/C23H18ClNO4/c24-19-10-6-18(7-11-19)23(28)25-15-14-21(26)29-20-12-8-17(9-13-20)22(27)16-4-2-1-3-5-16/h1-13H,14-15H2,(H,25,28). The number of amides is 1. The van der Waals surface area contributed by atoms with Crippen LogP contribution in [-0.4, -0.2) is 24.2 Å². The molecule has 0 unspecified atom stereocenters. The van der Waals surface area contributed by atoms with Gasteiger partial charge in [0.1, 0.15) is 5.75 Å². The van der Waals surface area contributed by atoms with Gasteiger partial charge in [-0.1, -0.05) is 41.9 Å². The fourth-order valence-electron chi connectivity index (χ4n) is 2.59. The van der Waals surface area contributed by atoms with Crippen molar-refractivity contribution in [2.24, 2.45) is 0 Å². The SMILES string of the molecule is O=C(CCNC(=O)c1ccc(Cl)cc1)Oc1ccc(C(=O)c2ccccc2)cc1. The summed E-state index contributed by atoms with van der Waals surface area (Å²) >= 11 is 5.79. The van der Waals surface area contributed by atoms with E-state index in [-0.39, 0.29) is 24.7 Å². The summed E-state index contributed by atoms with van der Waals surface area (Å²) in [6, 6.07) is 21.8. The second-order valence-corrected chi connectivity index (χ2v) is 6.64. The van der Waals surface area contributed by atoms with Crippen molar-refractivity contribution in [3.8, 4) is 5.75 Å². The van der Waals surface area contributed by atoms with Crippen LogP contribution in [0, 0.1) is 0 Å². The van der Waals surface area contributed by atoms with Crippen molar-refractivity contribution in [2.75, 3.05) is 6.54 Å². The summed E-state index contributed by atoms with van der Waals surface area (Å²) in [4.78, 5) is 36.3. The third kappa shape index (κ3) is 5.77. The number of esters is 1. The predicted octanol–water partition coefficient (Wildman–Crippen LogP) is 4.30. The highest BCUT2D eigenvalue weighted by Crippen LogP contribution is 2.16. The van der Waals surface area contributed by atoms with Crippen LogP contribution in [0.3, 0.4) is 0 Å². The minimum atomic E-state index is -0.483. The van der Waals surface area contributed by atoms with E-state index in [4.69, 9.17) is 16.3 Å². The lowest BCUT2D eigenvalue weighted by Crippen LogP contribution is -2.27. The second-order valence-electron chi connectivity index (χ2n) is 6.21. The number of benzene rings is 3. The molecular formula is C23H18ClNO4. The number of hydrogen-bond acceptors (Lipinski definition) is 4. The van der Waals surface area contributed by atoms with E-state index in [9.17, 15) is 14.4 Å². The molecule has 3 aromatic carbocycles. The largest absolute Gasteiger partial charge is 0.426 e. The zero-order chi connectivity index (χ0) is 20.6. The lowest BCUT2D eigenvalue weighted by molar-refractivity contribution is -0.134. The van der Waals surface area contributed by atoms with Crippen molar-refractivity contribution in [2.45, 2.75) is 6.42 Å². The first-order valence-corrected chi connectivity index (χ1v) is 9.35. The van der Waals surface area contributed by atoms with E-state index in [1.54, 1.807) is 72.8 Å². The molecule has 0 heterocycles. The van der Waals surface area contributed by atoms with E-state index in [2.05, 4.69) is 5.32 Å². The van der Waals surface area contributed by atoms with E-state index in [1.165, 1.54) is 0 Å². The van der Waals surface area contributed by atoms with Crippen LogP contribution in [0.4, 0.5) is 0 Å². The third-order valence-corrected chi connectivity index (χ3v) is 4.36. The summed E-state index contributed by atoms with van der Waals surface area (Å²) in [5.41, 5.74) is 1.56. The monoisotopic (exact) mass is 407 g/mol. The summed E-state index contributed by atoms with van der Waals surface area (Å²) in [6.07, 6.45) is 0.0179. The molecule has 6 heteroatoms. The molecule has 0 saturated heterocycles. The fraction of sp³-hybridized carbons (Fsp3) is 0.0870. The van der Waals surface area contributed by atoms with E-state index in [0.717, 1.165) is 0 Å². The summed E-state index contributed by atoms with van der Waals surface area (Å²) in [5.74, 6) is -0.543. The molecule has 0 aliphatic heterocycles. The molecule has 146 valence electrons. The maximum atomic E-state index is 12.4. The Morgan fingerprint density at radius 3 is 2.00 bits per heavy atom. The summed E-state index contributed by atoms with van der Waals surface area (Å²) in [7, 11) is 0. The van der Waals surface area contributed by atoms with Crippen molar-refractivity contribution >= 4 is 29.3 Å². The molecule has 0 aromatic heterocycles. The minimum absolute atomic E-state index is 0.0179. The Morgan fingerprint density at radius 1 is 0.759 bits per heavy atom. The van der Waals surface area contributed by atoms with Crippen LogP contribution < -0.4 is 10.1 Å². The van der Waals surface area contributed by atoms with Gasteiger partial charge in [0, 0.05) is 28.3 Å². The van der Waals surface area contributed by atoms with Gasteiger partial charge in [-0.05, 0) is 48.5 Å². The van der Waals surface area contributed by atoms with Crippen molar-refractivity contribution in [1.29, 1.82) is 0 Å². The van der Waals surface area contributed by atoms with Gasteiger partial charge in [-0.25, -0.2) is 0 Å². The summed E-state index contributed by atoms with van der Waals surface area (Å²) < 4.78 is 5.24. The molecule has 1 amide bonds. The maximum absolute atomic E-state index is 12.4. The van der Waals surface area contributed by atoms with Crippen molar-refractivity contribution in [1.82, 2.24) is 5.32 Å². The number of halogens is 1. The number of rotatable bonds is 7. The van der Waals surface area contributed by atoms with Crippen molar-refractivity contribution in [3.63, 3.8) is 0 Å². The van der Waals surface area contributed by atoms with Crippen molar-refractivity contribution < 1.29 is 19.1 Å². The molecule has 3 rings (SSSR count). The van der Waals surface area contributed by atoms with Gasteiger partial charge in [-0.3, -0.25) is 14.4 Å². The molecule has 1 N–H and O–H groups in total. The maximum Gasteiger partial charge on any atom is 0.312 e. The highest BCUT2D eigenvalue weighted by molar-refractivity contribution is 6.30. The lowest BCUT2D eigenvalue weighted by Gasteiger charge is -2.07. The smallest absolute Gasteiger partial charge is 0.312 e. The predicted molar refractivity (Wildman–Crippen MR) is 110 cm³/mol. The zero-order valence-corrected chi connectivity index (χ0v) is 16.2. The Hall–Kier alpha value is -3.44. The topological polar surface area (TPSA) is 72.5 Å². The van der Waals surface area contributed by atoms with Crippen LogP contribution in [0.25, 0.3) is 0 Å². The summed E-state index contributed by atoms with van der Waals surface area (Å²) in [6.45, 7) is 0.144. The third-order valence-electron chi connectivity index (χ3n) is 4.11. The molecular weight excluding hydrogens is 390 g/mol. The molecule has 29 heavy (non-hydrogen) atoms. The Labute approximate surface area is 173 Å². The minimum Gasteiger partial charge on any atom is -0.426 e. The molecule has 0 radical (unpaired) electrons. The van der Waals surface area contributed by atoms with Gasteiger partial charge in [0.2, 0.25) is 0 Å². The first kappa shape index (κ1) is 20.3. The number of nitrogens with one attached hydrogen (secondary N) is 1. The van der Waals surface area contributed by atoms with E-state index >= 15 is 0 Å². The van der Waals surface area contributed by atoms with Crippen LogP contribution in [0.15, 0.2) is 78.9 Å². The van der Waals surface area contributed by atoms with Gasteiger partial charge in [-0.2, -0.15) is 0 Å². The normalized spacial score (nSPS) is 10.2. The van der Waals surface area contributed by atoms with Gasteiger partial charge >= 0.3 is 5.97 Å². The molecule has 0 bridgehead atoms. The second kappa shape index (κ2) is 9.66. The molecule has 0 aliphatic carbocycles. The first-order valence-electron chi connectivity index (χ1n) is 8.97. The first-order chi connectivity index (χ1) is 14.0. The van der Waals surface area contributed by atoms with Crippen LogP contribution in [-0.2, 0) is 4.79 Å². The number of hydrogen-bond donors (Lipinski definition) is 1. The molecule has 0 aliphatic rings. The molecule has 5 nitrogen and oxygen atoms in total. The molecule has 0 saturated carbocycles. The van der Waals surface area contributed by atoms with Gasteiger partial charge in [0.25, 0.3) is 5.91 Å². The quantitative estimate of drug-likeness (QED) is 0.360. The van der Waals surface area contributed by atoms with Gasteiger partial charge in [0.15, 0.2) is 5.78 Å². The van der Waals surface area contributed by atoms with E-state index in [0.29, 0.717) is 27.5 Å². The van der Waals surface area contributed by atoms with Crippen molar-refractivity contribution in [3.05, 3.63) is 101 Å².